The third-order valence-electron chi connectivity index (χ3n) is 3.27. The quantitative estimate of drug-likeness (QED) is 0.778. The van der Waals surface area contributed by atoms with Crippen molar-refractivity contribution in [3.05, 3.63) is 23.9 Å². The molecule has 84 valence electrons. The number of aromatic nitrogens is 1. The third kappa shape index (κ3) is 2.52. The van der Waals surface area contributed by atoms with Gasteiger partial charge in [0, 0.05) is 19.8 Å². The van der Waals surface area contributed by atoms with E-state index in [2.05, 4.69) is 23.0 Å². The van der Waals surface area contributed by atoms with E-state index in [9.17, 15) is 0 Å². The van der Waals surface area contributed by atoms with Crippen LogP contribution >= 0.6 is 0 Å². The number of rotatable bonds is 3. The van der Waals surface area contributed by atoms with Gasteiger partial charge in [-0.1, -0.05) is 12.8 Å². The molecule has 3 heteroatoms. The number of anilines is 1. The van der Waals surface area contributed by atoms with E-state index < -0.39 is 0 Å². The van der Waals surface area contributed by atoms with Crippen molar-refractivity contribution in [1.82, 2.24) is 4.98 Å². The van der Waals surface area contributed by atoms with Gasteiger partial charge in [0.15, 0.2) is 0 Å². The van der Waals surface area contributed by atoms with Crippen LogP contribution in [0.2, 0.25) is 0 Å². The van der Waals surface area contributed by atoms with Gasteiger partial charge in [0.2, 0.25) is 0 Å². The highest BCUT2D eigenvalue weighted by atomic mass is 15.2. The Morgan fingerprint density at radius 3 is 2.94 bits per heavy atom. The van der Waals surface area contributed by atoms with E-state index in [4.69, 9.17) is 5.26 Å². The van der Waals surface area contributed by atoms with Crippen LogP contribution < -0.4 is 4.90 Å². The molecule has 0 radical (unpaired) electrons. The van der Waals surface area contributed by atoms with Gasteiger partial charge < -0.3 is 4.90 Å². The van der Waals surface area contributed by atoms with Crippen LogP contribution in [0.5, 0.6) is 0 Å². The topological polar surface area (TPSA) is 39.9 Å². The van der Waals surface area contributed by atoms with Crippen LogP contribution in [-0.2, 0) is 0 Å². The first-order chi connectivity index (χ1) is 7.79. The zero-order chi connectivity index (χ0) is 11.4. The molecule has 1 aromatic heterocycles. The zero-order valence-corrected chi connectivity index (χ0v) is 9.69. The van der Waals surface area contributed by atoms with Gasteiger partial charge in [0.05, 0.1) is 11.6 Å². The van der Waals surface area contributed by atoms with Gasteiger partial charge in [-0.15, -0.1) is 0 Å². The normalized spacial score (nSPS) is 16.0. The third-order valence-corrected chi connectivity index (χ3v) is 3.27. The van der Waals surface area contributed by atoms with E-state index in [0.717, 1.165) is 18.3 Å². The summed E-state index contributed by atoms with van der Waals surface area (Å²) in [7, 11) is 2.06. The highest BCUT2D eigenvalue weighted by Crippen LogP contribution is 2.26. The molecule has 2 rings (SSSR count). The minimum absolute atomic E-state index is 0.684. The first kappa shape index (κ1) is 10.9. The van der Waals surface area contributed by atoms with Gasteiger partial charge in [-0.2, -0.15) is 5.26 Å². The molecule has 1 fully saturated rings. The van der Waals surface area contributed by atoms with Crippen LogP contribution in [0.25, 0.3) is 0 Å². The summed E-state index contributed by atoms with van der Waals surface area (Å²) < 4.78 is 0. The highest BCUT2D eigenvalue weighted by molar-refractivity contribution is 5.44. The minimum atomic E-state index is 0.684. The highest BCUT2D eigenvalue weighted by Gasteiger charge is 2.17. The summed E-state index contributed by atoms with van der Waals surface area (Å²) in [6.07, 6.45) is 7.11. The Morgan fingerprint density at radius 1 is 1.50 bits per heavy atom. The van der Waals surface area contributed by atoms with Crippen LogP contribution in [0.15, 0.2) is 18.3 Å². The van der Waals surface area contributed by atoms with Gasteiger partial charge in [-0.25, -0.2) is 4.98 Å². The standard InChI is InChI=1S/C13H17N3/c1-16(10-11-4-2-3-5-11)13-8-12(9-14)6-7-15-13/h6-8,11H,2-5,10H2,1H3. The van der Waals surface area contributed by atoms with Gasteiger partial charge in [0.1, 0.15) is 5.82 Å². The number of hydrogen-bond donors (Lipinski definition) is 0. The lowest BCUT2D eigenvalue weighted by Crippen LogP contribution is -2.24. The number of nitrogens with zero attached hydrogens (tertiary/aromatic N) is 3. The largest absolute Gasteiger partial charge is 0.359 e. The molecule has 0 N–H and O–H groups in total. The Morgan fingerprint density at radius 2 is 2.25 bits per heavy atom. The molecule has 0 spiro atoms. The second kappa shape index (κ2) is 4.98. The molecule has 1 aliphatic rings. The molecular weight excluding hydrogens is 198 g/mol. The lowest BCUT2D eigenvalue weighted by Gasteiger charge is -2.21. The van der Waals surface area contributed by atoms with Crippen molar-refractivity contribution < 1.29 is 0 Å². The van der Waals surface area contributed by atoms with Gasteiger partial charge in [-0.3, -0.25) is 0 Å². The van der Waals surface area contributed by atoms with E-state index in [1.165, 1.54) is 25.7 Å². The number of nitriles is 1. The van der Waals surface area contributed by atoms with Gasteiger partial charge in [0.25, 0.3) is 0 Å². The molecule has 0 atom stereocenters. The molecule has 1 heterocycles. The van der Waals surface area contributed by atoms with Gasteiger partial charge in [-0.05, 0) is 30.9 Å². The zero-order valence-electron chi connectivity index (χ0n) is 9.69. The molecule has 0 aliphatic heterocycles. The van der Waals surface area contributed by atoms with E-state index in [1.54, 1.807) is 12.3 Å². The Kier molecular flexibility index (Phi) is 3.40. The fraction of sp³-hybridized carbons (Fsp3) is 0.538. The van der Waals surface area contributed by atoms with E-state index in [0.29, 0.717) is 5.56 Å². The fourth-order valence-corrected chi connectivity index (χ4v) is 2.37. The summed E-state index contributed by atoms with van der Waals surface area (Å²) in [6.45, 7) is 1.06. The molecule has 1 aliphatic carbocycles. The summed E-state index contributed by atoms with van der Waals surface area (Å²) >= 11 is 0. The van der Waals surface area contributed by atoms with Crippen LogP contribution in [0.4, 0.5) is 5.82 Å². The summed E-state index contributed by atoms with van der Waals surface area (Å²) in [5, 5.41) is 8.83. The van der Waals surface area contributed by atoms with E-state index >= 15 is 0 Å². The molecule has 0 saturated heterocycles. The second-order valence-corrected chi connectivity index (χ2v) is 4.55. The first-order valence-electron chi connectivity index (χ1n) is 5.87. The smallest absolute Gasteiger partial charge is 0.129 e. The average molecular weight is 215 g/mol. The van der Waals surface area contributed by atoms with Crippen molar-refractivity contribution in [3.63, 3.8) is 0 Å². The van der Waals surface area contributed by atoms with Crippen molar-refractivity contribution in [2.45, 2.75) is 25.7 Å². The second-order valence-electron chi connectivity index (χ2n) is 4.55. The number of hydrogen-bond acceptors (Lipinski definition) is 3. The van der Waals surface area contributed by atoms with Crippen LogP contribution in [0, 0.1) is 17.2 Å². The minimum Gasteiger partial charge on any atom is -0.359 e. The maximum atomic E-state index is 8.83. The van der Waals surface area contributed by atoms with Crippen molar-refractivity contribution in [3.8, 4) is 6.07 Å². The van der Waals surface area contributed by atoms with Crippen LogP contribution in [0.1, 0.15) is 31.2 Å². The average Bonchev–Trinajstić information content (AvgIpc) is 2.82. The molecule has 0 aromatic carbocycles. The van der Waals surface area contributed by atoms with Gasteiger partial charge >= 0.3 is 0 Å². The predicted molar refractivity (Wildman–Crippen MR) is 64.2 cm³/mol. The van der Waals surface area contributed by atoms with Crippen molar-refractivity contribution in [2.75, 3.05) is 18.5 Å². The van der Waals surface area contributed by atoms with Crippen molar-refractivity contribution >= 4 is 5.82 Å². The Balaban J connectivity index is 2.02. The molecule has 0 bridgehead atoms. The molecule has 1 saturated carbocycles. The van der Waals surface area contributed by atoms with Crippen LogP contribution in [-0.4, -0.2) is 18.6 Å². The Hall–Kier alpha value is -1.56. The summed E-state index contributed by atoms with van der Waals surface area (Å²) in [4.78, 5) is 6.47. The van der Waals surface area contributed by atoms with Crippen molar-refractivity contribution in [1.29, 1.82) is 5.26 Å². The molecule has 16 heavy (non-hydrogen) atoms. The summed E-state index contributed by atoms with van der Waals surface area (Å²) in [5.41, 5.74) is 0.684. The number of pyridine rings is 1. The Labute approximate surface area is 96.7 Å². The maximum absolute atomic E-state index is 8.83. The first-order valence-corrected chi connectivity index (χ1v) is 5.87. The van der Waals surface area contributed by atoms with Crippen molar-refractivity contribution in [2.24, 2.45) is 5.92 Å². The molecule has 1 aromatic rings. The monoisotopic (exact) mass is 215 g/mol. The molecule has 3 nitrogen and oxygen atoms in total. The summed E-state index contributed by atoms with van der Waals surface area (Å²) in [6, 6.07) is 5.75. The Bertz CT molecular complexity index is 388. The molecule has 0 unspecified atom stereocenters. The predicted octanol–water partition coefficient (Wildman–Crippen LogP) is 2.58. The summed E-state index contributed by atoms with van der Waals surface area (Å²) in [5.74, 6) is 1.71. The lowest BCUT2D eigenvalue weighted by atomic mass is 10.1. The van der Waals surface area contributed by atoms with Crippen LogP contribution in [0.3, 0.4) is 0 Å². The molecule has 0 amide bonds. The lowest BCUT2D eigenvalue weighted by molar-refractivity contribution is 0.545. The fourth-order valence-electron chi connectivity index (χ4n) is 2.37. The molecular formula is C13H17N3. The van der Waals surface area contributed by atoms with E-state index in [1.807, 2.05) is 6.07 Å². The van der Waals surface area contributed by atoms with E-state index in [-0.39, 0.29) is 0 Å². The maximum Gasteiger partial charge on any atom is 0.129 e. The SMILES string of the molecule is CN(CC1CCCC1)c1cc(C#N)ccn1.